The molecule has 1 heteroatoms. The fourth-order valence-electron chi connectivity index (χ4n) is 3.68. The van der Waals surface area contributed by atoms with Gasteiger partial charge >= 0.3 is 0 Å². The molecule has 0 aromatic rings. The minimum Gasteiger partial charge on any atom is -0.285 e. The van der Waals surface area contributed by atoms with E-state index >= 15 is 0 Å². The normalized spacial score (nSPS) is 31.5. The number of aliphatic imine (C=N–C) groups is 1. The molecule has 3 atom stereocenters. The van der Waals surface area contributed by atoms with Crippen molar-refractivity contribution < 1.29 is 0 Å². The summed E-state index contributed by atoms with van der Waals surface area (Å²) in [7, 11) is 0. The quantitative estimate of drug-likeness (QED) is 0.533. The molecule has 0 bridgehead atoms. The summed E-state index contributed by atoms with van der Waals surface area (Å²) in [5.74, 6) is 1.31. The monoisotopic (exact) mass is 289 g/mol. The first-order chi connectivity index (χ1) is 9.95. The van der Waals surface area contributed by atoms with Crippen LogP contribution in [0.25, 0.3) is 0 Å². The lowest BCUT2D eigenvalue weighted by Gasteiger charge is -2.31. The van der Waals surface area contributed by atoms with Crippen molar-refractivity contribution in [1.82, 2.24) is 0 Å². The smallest absolute Gasteiger partial charge is 0.0921 e. The molecule has 1 saturated carbocycles. The summed E-state index contributed by atoms with van der Waals surface area (Å²) >= 11 is 0. The SMILES string of the molecule is CCC.CCC=NC12CC1(C(C)CC)C=CC=C2C(C)C. The minimum atomic E-state index is 0.0986. The van der Waals surface area contributed by atoms with Gasteiger partial charge in [-0.25, -0.2) is 0 Å². The standard InChI is InChI=1S/C17H27N.C3H8/c1-6-11-18-17-12-16(17,14(5)7-2)10-8-9-15(17)13(3)4;1-3-2/h8-11,13-14H,6-7,12H2,1-5H3;3H2,1-2H3. The van der Waals surface area contributed by atoms with Gasteiger partial charge in [0.05, 0.1) is 5.54 Å². The van der Waals surface area contributed by atoms with E-state index in [1.807, 2.05) is 0 Å². The Morgan fingerprint density at radius 3 is 2.29 bits per heavy atom. The Kier molecular flexibility index (Phi) is 6.43. The zero-order valence-corrected chi connectivity index (χ0v) is 15.2. The number of rotatable bonds is 5. The van der Waals surface area contributed by atoms with Crippen molar-refractivity contribution in [3.63, 3.8) is 0 Å². The molecule has 0 aromatic carbocycles. The first kappa shape index (κ1) is 18.2. The van der Waals surface area contributed by atoms with Crippen LogP contribution in [-0.2, 0) is 0 Å². The summed E-state index contributed by atoms with van der Waals surface area (Å²) in [6.45, 7) is 15.7. The molecule has 3 unspecified atom stereocenters. The predicted octanol–water partition coefficient (Wildman–Crippen LogP) is 6.21. The van der Waals surface area contributed by atoms with Gasteiger partial charge in [-0.05, 0) is 36.5 Å². The molecular formula is C20H35N. The highest BCUT2D eigenvalue weighted by Crippen LogP contribution is 2.70. The van der Waals surface area contributed by atoms with E-state index in [2.05, 4.69) is 72.9 Å². The second-order valence-corrected chi connectivity index (χ2v) is 6.95. The Balaban J connectivity index is 0.000000677. The third kappa shape index (κ3) is 3.17. The van der Waals surface area contributed by atoms with Gasteiger partial charge in [0.1, 0.15) is 0 Å². The third-order valence-corrected chi connectivity index (χ3v) is 4.95. The van der Waals surface area contributed by atoms with Crippen LogP contribution in [0.3, 0.4) is 0 Å². The average Bonchev–Trinajstić information content (AvgIpc) is 3.15. The van der Waals surface area contributed by atoms with E-state index < -0.39 is 0 Å². The van der Waals surface area contributed by atoms with E-state index in [1.54, 1.807) is 0 Å². The van der Waals surface area contributed by atoms with Gasteiger partial charge < -0.3 is 0 Å². The summed E-state index contributed by atoms with van der Waals surface area (Å²) in [5, 5.41) is 0. The maximum absolute atomic E-state index is 5.01. The van der Waals surface area contributed by atoms with Crippen LogP contribution in [0.4, 0.5) is 0 Å². The van der Waals surface area contributed by atoms with Gasteiger partial charge in [-0.2, -0.15) is 0 Å². The summed E-state index contributed by atoms with van der Waals surface area (Å²) < 4.78 is 0. The zero-order chi connectivity index (χ0) is 16.1. The molecule has 2 aliphatic rings. The van der Waals surface area contributed by atoms with Crippen LogP contribution in [0.2, 0.25) is 0 Å². The summed E-state index contributed by atoms with van der Waals surface area (Å²) in [6, 6.07) is 0. The zero-order valence-electron chi connectivity index (χ0n) is 15.2. The fraction of sp³-hybridized carbons (Fsp3) is 0.750. The first-order valence-corrected chi connectivity index (χ1v) is 8.89. The Hall–Kier alpha value is -0.850. The third-order valence-electron chi connectivity index (χ3n) is 4.95. The largest absolute Gasteiger partial charge is 0.285 e. The highest BCUT2D eigenvalue weighted by molar-refractivity contribution is 5.62. The maximum atomic E-state index is 5.01. The lowest BCUT2D eigenvalue weighted by atomic mass is 9.76. The van der Waals surface area contributed by atoms with Gasteiger partial charge in [0, 0.05) is 5.41 Å². The molecule has 2 rings (SSSR count). The molecule has 0 amide bonds. The highest BCUT2D eigenvalue weighted by atomic mass is 15.0. The van der Waals surface area contributed by atoms with E-state index in [9.17, 15) is 0 Å². The molecule has 1 fully saturated rings. The predicted molar refractivity (Wildman–Crippen MR) is 96.0 cm³/mol. The number of hydrogen-bond donors (Lipinski definition) is 0. The van der Waals surface area contributed by atoms with Gasteiger partial charge in [-0.15, -0.1) is 0 Å². The van der Waals surface area contributed by atoms with E-state index in [-0.39, 0.29) is 5.54 Å². The van der Waals surface area contributed by atoms with E-state index in [0.717, 1.165) is 6.42 Å². The second kappa shape index (κ2) is 7.42. The lowest BCUT2D eigenvalue weighted by Crippen LogP contribution is -2.29. The van der Waals surface area contributed by atoms with Gasteiger partial charge in [0.2, 0.25) is 0 Å². The van der Waals surface area contributed by atoms with Crippen molar-refractivity contribution in [1.29, 1.82) is 0 Å². The molecule has 1 nitrogen and oxygen atoms in total. The summed E-state index contributed by atoms with van der Waals surface area (Å²) in [5.41, 5.74) is 1.94. The summed E-state index contributed by atoms with van der Waals surface area (Å²) in [4.78, 5) is 5.01. The number of allylic oxidation sites excluding steroid dienone is 2. The molecule has 0 aliphatic heterocycles. The van der Waals surface area contributed by atoms with Gasteiger partial charge in [-0.3, -0.25) is 4.99 Å². The van der Waals surface area contributed by atoms with Crippen molar-refractivity contribution in [2.45, 2.75) is 79.7 Å². The van der Waals surface area contributed by atoms with Gasteiger partial charge in [-0.1, -0.05) is 79.5 Å². The molecule has 21 heavy (non-hydrogen) atoms. The maximum Gasteiger partial charge on any atom is 0.0921 e. The number of hydrogen-bond acceptors (Lipinski definition) is 1. The Labute approximate surface area is 132 Å². The van der Waals surface area contributed by atoms with Crippen LogP contribution < -0.4 is 0 Å². The van der Waals surface area contributed by atoms with Crippen molar-refractivity contribution in [2.24, 2.45) is 22.2 Å². The van der Waals surface area contributed by atoms with Crippen LogP contribution in [0, 0.1) is 17.3 Å². The van der Waals surface area contributed by atoms with E-state index in [4.69, 9.17) is 4.99 Å². The number of nitrogens with zero attached hydrogens (tertiary/aromatic N) is 1. The topological polar surface area (TPSA) is 12.4 Å². The van der Waals surface area contributed by atoms with E-state index in [1.165, 1.54) is 24.8 Å². The highest BCUT2D eigenvalue weighted by Gasteiger charge is 2.70. The Morgan fingerprint density at radius 1 is 1.19 bits per heavy atom. The minimum absolute atomic E-state index is 0.0986. The van der Waals surface area contributed by atoms with Crippen LogP contribution in [0.15, 0.2) is 28.8 Å². The first-order valence-electron chi connectivity index (χ1n) is 8.89. The number of fused-ring (bicyclic) bond motifs is 1. The fourth-order valence-corrected chi connectivity index (χ4v) is 3.68. The molecule has 0 heterocycles. The molecule has 120 valence electrons. The Bertz CT molecular complexity index is 416. The van der Waals surface area contributed by atoms with Crippen molar-refractivity contribution in [3.8, 4) is 0 Å². The van der Waals surface area contributed by atoms with Crippen LogP contribution in [-0.4, -0.2) is 11.8 Å². The molecule has 2 aliphatic carbocycles. The average molecular weight is 290 g/mol. The Morgan fingerprint density at radius 2 is 1.81 bits per heavy atom. The van der Waals surface area contributed by atoms with Crippen molar-refractivity contribution in [2.75, 3.05) is 0 Å². The molecule has 0 N–H and O–H groups in total. The van der Waals surface area contributed by atoms with Crippen molar-refractivity contribution >= 4 is 6.21 Å². The van der Waals surface area contributed by atoms with Gasteiger partial charge in [0.25, 0.3) is 0 Å². The lowest BCUT2D eigenvalue weighted by molar-refractivity contribution is 0.349. The van der Waals surface area contributed by atoms with Crippen LogP contribution in [0.5, 0.6) is 0 Å². The molecule has 0 saturated heterocycles. The second-order valence-electron chi connectivity index (χ2n) is 6.95. The molecular weight excluding hydrogens is 254 g/mol. The molecule has 0 aromatic heterocycles. The van der Waals surface area contributed by atoms with Crippen LogP contribution in [0.1, 0.15) is 74.1 Å². The van der Waals surface area contributed by atoms with Gasteiger partial charge in [0.15, 0.2) is 0 Å². The van der Waals surface area contributed by atoms with E-state index in [0.29, 0.717) is 17.3 Å². The summed E-state index contributed by atoms with van der Waals surface area (Å²) in [6.07, 6.45) is 13.9. The van der Waals surface area contributed by atoms with Crippen LogP contribution >= 0.6 is 0 Å². The molecule has 0 spiro atoms. The van der Waals surface area contributed by atoms with Crippen molar-refractivity contribution in [3.05, 3.63) is 23.8 Å². The molecule has 0 radical (unpaired) electrons.